The monoisotopic (exact) mass is 468 g/mol. The second-order valence-electron chi connectivity index (χ2n) is 5.12. The Balaban J connectivity index is 0.00000261. The van der Waals surface area contributed by atoms with Gasteiger partial charge in [0.2, 0.25) is 0 Å². The predicted octanol–water partition coefficient (Wildman–Crippen LogP) is 5.13. The van der Waals surface area contributed by atoms with E-state index in [4.69, 9.17) is 52.1 Å². The number of aromatic carboxylic acids is 1. The lowest BCUT2D eigenvalue weighted by Gasteiger charge is -2.14. The van der Waals surface area contributed by atoms with E-state index in [1.807, 2.05) is 0 Å². The number of nitrogen functional groups attached to an aromatic ring is 1. The second-order valence-corrected chi connectivity index (χ2v) is 6.63. The van der Waals surface area contributed by atoms with Gasteiger partial charge in [0.25, 0.3) is 5.91 Å². The highest BCUT2D eigenvalue weighted by molar-refractivity contribution is 6.54. The number of fused-ring (bicyclic) bond motifs is 1. The molecule has 0 fully saturated rings. The molecule has 1 aromatic heterocycles. The molecule has 3 aromatic rings. The highest BCUT2D eigenvalue weighted by Gasteiger charge is 2.28. The van der Waals surface area contributed by atoms with Crippen molar-refractivity contribution >= 4 is 93.4 Å². The average Bonchev–Trinajstić information content (AvgIpc) is 2.94. The molecular formula is C15H9Cl5N4O3. The van der Waals surface area contributed by atoms with E-state index in [1.54, 1.807) is 18.2 Å². The number of carbonyl (C=O) groups excluding carboxylic acids is 1. The number of hydrogen-bond acceptors (Lipinski definition) is 4. The summed E-state index contributed by atoms with van der Waals surface area (Å²) in [5.41, 5.74) is 6.16. The van der Waals surface area contributed by atoms with Gasteiger partial charge in [-0.15, -0.1) is 12.4 Å². The third-order valence-corrected chi connectivity index (χ3v) is 5.27. The number of carbonyl (C=O) groups is 2. The Labute approximate surface area is 178 Å². The summed E-state index contributed by atoms with van der Waals surface area (Å²) in [4.78, 5) is 31.0. The molecule has 0 spiro atoms. The van der Waals surface area contributed by atoms with Gasteiger partial charge in [0.05, 0.1) is 42.3 Å². The van der Waals surface area contributed by atoms with Gasteiger partial charge in [-0.1, -0.05) is 46.4 Å². The number of anilines is 2. The SMILES string of the molecule is Cl.Nc1nc2ccc(NC(=O)c3c(Cl)c(Cl)c(Cl)c(Cl)c3C(=O)O)cc2[nH]1. The number of carboxylic acids is 1. The van der Waals surface area contributed by atoms with Crippen LogP contribution >= 0.6 is 58.8 Å². The van der Waals surface area contributed by atoms with Crippen LogP contribution in [-0.2, 0) is 0 Å². The molecule has 0 saturated carbocycles. The van der Waals surface area contributed by atoms with E-state index >= 15 is 0 Å². The van der Waals surface area contributed by atoms with Crippen LogP contribution in [0, 0.1) is 0 Å². The summed E-state index contributed by atoms with van der Waals surface area (Å²) >= 11 is 23.8. The maximum Gasteiger partial charge on any atom is 0.338 e. The van der Waals surface area contributed by atoms with Crippen molar-refractivity contribution in [3.05, 3.63) is 49.4 Å². The lowest BCUT2D eigenvalue weighted by molar-refractivity contribution is 0.0692. The van der Waals surface area contributed by atoms with Crippen LogP contribution in [0.25, 0.3) is 11.0 Å². The zero-order valence-corrected chi connectivity index (χ0v) is 16.8. The first-order valence-corrected chi connectivity index (χ1v) is 8.37. The number of nitrogens with zero attached hydrogens (tertiary/aromatic N) is 1. The van der Waals surface area contributed by atoms with Crippen molar-refractivity contribution in [2.75, 3.05) is 11.1 Å². The average molecular weight is 471 g/mol. The van der Waals surface area contributed by atoms with E-state index < -0.39 is 23.0 Å². The van der Waals surface area contributed by atoms with Crippen molar-refractivity contribution < 1.29 is 14.7 Å². The summed E-state index contributed by atoms with van der Waals surface area (Å²) in [6.45, 7) is 0. The smallest absolute Gasteiger partial charge is 0.338 e. The predicted molar refractivity (Wildman–Crippen MR) is 109 cm³/mol. The van der Waals surface area contributed by atoms with Crippen LogP contribution in [-0.4, -0.2) is 27.0 Å². The summed E-state index contributed by atoms with van der Waals surface area (Å²) in [7, 11) is 0. The van der Waals surface area contributed by atoms with Crippen LogP contribution in [0.4, 0.5) is 11.6 Å². The molecule has 2 aromatic carbocycles. The molecule has 0 unspecified atom stereocenters. The Hall–Kier alpha value is -1.90. The van der Waals surface area contributed by atoms with Gasteiger partial charge in [-0.25, -0.2) is 9.78 Å². The van der Waals surface area contributed by atoms with Crippen LogP contribution < -0.4 is 11.1 Å². The summed E-state index contributed by atoms with van der Waals surface area (Å²) in [6.07, 6.45) is 0. The molecule has 1 heterocycles. The number of imidazole rings is 1. The number of H-pyrrole nitrogens is 1. The molecular weight excluding hydrogens is 461 g/mol. The number of halogens is 5. The molecule has 12 heteroatoms. The molecule has 0 aliphatic rings. The molecule has 0 saturated heterocycles. The normalized spacial score (nSPS) is 10.5. The van der Waals surface area contributed by atoms with Crippen molar-refractivity contribution in [2.24, 2.45) is 0 Å². The Morgan fingerprint density at radius 1 is 1.04 bits per heavy atom. The van der Waals surface area contributed by atoms with E-state index in [1.165, 1.54) is 0 Å². The number of benzene rings is 2. The van der Waals surface area contributed by atoms with Gasteiger partial charge in [0, 0.05) is 5.69 Å². The topological polar surface area (TPSA) is 121 Å². The number of carboxylic acid groups (broad SMARTS) is 1. The number of rotatable bonds is 3. The van der Waals surface area contributed by atoms with Gasteiger partial charge >= 0.3 is 5.97 Å². The van der Waals surface area contributed by atoms with E-state index in [2.05, 4.69) is 15.3 Å². The van der Waals surface area contributed by atoms with Gasteiger partial charge in [-0.3, -0.25) is 4.79 Å². The highest BCUT2D eigenvalue weighted by atomic mass is 35.5. The molecule has 0 bridgehead atoms. The third-order valence-electron chi connectivity index (χ3n) is 3.47. The van der Waals surface area contributed by atoms with Gasteiger partial charge in [-0.2, -0.15) is 0 Å². The van der Waals surface area contributed by atoms with Crippen LogP contribution in [0.15, 0.2) is 18.2 Å². The van der Waals surface area contributed by atoms with E-state index in [-0.39, 0.29) is 38.4 Å². The fraction of sp³-hybridized carbons (Fsp3) is 0. The van der Waals surface area contributed by atoms with Gasteiger partial charge < -0.3 is 21.1 Å². The first-order chi connectivity index (χ1) is 12.2. The zero-order valence-electron chi connectivity index (χ0n) is 12.9. The molecule has 0 aliphatic carbocycles. The van der Waals surface area contributed by atoms with Crippen molar-refractivity contribution in [1.82, 2.24) is 9.97 Å². The standard InChI is InChI=1S/C15H8Cl4N4O3.ClH/c16-9-7(8(14(25)26)10(17)12(19)11(9)18)13(24)21-4-1-2-5-6(3-4)23-15(20)22-5;/h1-3H,(H,21,24)(H,25,26)(H3,20,22,23);1H. The van der Waals surface area contributed by atoms with Crippen LogP contribution in [0.3, 0.4) is 0 Å². The summed E-state index contributed by atoms with van der Waals surface area (Å²) in [6, 6.07) is 4.76. The van der Waals surface area contributed by atoms with Crippen LogP contribution in [0.5, 0.6) is 0 Å². The van der Waals surface area contributed by atoms with Crippen molar-refractivity contribution in [2.45, 2.75) is 0 Å². The molecule has 27 heavy (non-hydrogen) atoms. The Morgan fingerprint density at radius 2 is 1.63 bits per heavy atom. The van der Waals surface area contributed by atoms with E-state index in [9.17, 15) is 14.7 Å². The van der Waals surface area contributed by atoms with Gasteiger partial charge in [0.15, 0.2) is 5.95 Å². The number of nitrogens with two attached hydrogens (primary N) is 1. The van der Waals surface area contributed by atoms with Gasteiger partial charge in [0.1, 0.15) is 0 Å². The Kier molecular flexibility index (Phi) is 6.34. The van der Waals surface area contributed by atoms with Crippen molar-refractivity contribution in [3.63, 3.8) is 0 Å². The number of nitrogens with one attached hydrogen (secondary N) is 2. The van der Waals surface area contributed by atoms with E-state index in [0.29, 0.717) is 16.7 Å². The molecule has 0 atom stereocenters. The molecule has 142 valence electrons. The van der Waals surface area contributed by atoms with Gasteiger partial charge in [-0.05, 0) is 18.2 Å². The lowest BCUT2D eigenvalue weighted by atomic mass is 10.1. The highest BCUT2D eigenvalue weighted by Crippen LogP contribution is 2.41. The van der Waals surface area contributed by atoms with Crippen molar-refractivity contribution in [1.29, 1.82) is 0 Å². The Morgan fingerprint density at radius 3 is 2.22 bits per heavy atom. The lowest BCUT2D eigenvalue weighted by Crippen LogP contribution is -2.18. The molecule has 5 N–H and O–H groups in total. The number of hydrogen-bond donors (Lipinski definition) is 4. The first kappa shape index (κ1) is 21.4. The fourth-order valence-corrected chi connectivity index (χ4v) is 3.37. The molecule has 0 radical (unpaired) electrons. The largest absolute Gasteiger partial charge is 0.478 e. The summed E-state index contributed by atoms with van der Waals surface area (Å²) < 4.78 is 0. The minimum atomic E-state index is -1.47. The third kappa shape index (κ3) is 3.88. The van der Waals surface area contributed by atoms with Crippen LogP contribution in [0.1, 0.15) is 20.7 Å². The minimum absolute atomic E-state index is 0. The molecule has 3 rings (SSSR count). The Bertz CT molecular complexity index is 1080. The zero-order chi connectivity index (χ0) is 19.2. The number of amides is 1. The summed E-state index contributed by atoms with van der Waals surface area (Å²) in [5.74, 6) is -2.08. The minimum Gasteiger partial charge on any atom is -0.478 e. The number of aromatic amines is 1. The first-order valence-electron chi connectivity index (χ1n) is 6.86. The maximum atomic E-state index is 12.6. The maximum absolute atomic E-state index is 12.6. The van der Waals surface area contributed by atoms with Crippen molar-refractivity contribution in [3.8, 4) is 0 Å². The molecule has 0 aliphatic heterocycles. The second kappa shape index (κ2) is 8.00. The molecule has 1 amide bonds. The summed E-state index contributed by atoms with van der Waals surface area (Å²) in [5, 5.41) is 10.8. The molecule has 7 nitrogen and oxygen atoms in total. The van der Waals surface area contributed by atoms with Crippen LogP contribution in [0.2, 0.25) is 20.1 Å². The fourth-order valence-electron chi connectivity index (χ4n) is 2.35. The van der Waals surface area contributed by atoms with E-state index in [0.717, 1.165) is 0 Å². The number of aromatic nitrogens is 2. The quantitative estimate of drug-likeness (QED) is 0.312.